The monoisotopic (exact) mass is 267 g/mol. The van der Waals surface area contributed by atoms with E-state index >= 15 is 0 Å². The highest BCUT2D eigenvalue weighted by atomic mass is 32.2. The lowest BCUT2D eigenvalue weighted by Gasteiger charge is -2.17. The second kappa shape index (κ2) is 7.05. The fraction of sp³-hybridized carbons (Fsp3) is 0.600. The molecule has 0 aliphatic carbocycles. The van der Waals surface area contributed by atoms with Crippen LogP contribution < -0.4 is 10.5 Å². The number of aryl methyl sites for hydroxylation is 2. The first kappa shape index (κ1) is 15.4. The first-order chi connectivity index (χ1) is 8.38. The lowest BCUT2D eigenvalue weighted by molar-refractivity contribution is 0.316. The van der Waals surface area contributed by atoms with Crippen molar-refractivity contribution in [1.29, 1.82) is 0 Å². The highest BCUT2D eigenvalue weighted by Crippen LogP contribution is 2.19. The Bertz CT molecular complexity index is 371. The first-order valence-electron chi connectivity index (χ1n) is 6.45. The minimum Gasteiger partial charge on any atom is -0.493 e. The minimum absolute atomic E-state index is 0.0708. The van der Waals surface area contributed by atoms with E-state index < -0.39 is 0 Å². The normalized spacial score (nSPS) is 11.6. The van der Waals surface area contributed by atoms with Gasteiger partial charge in [-0.05, 0) is 57.1 Å². The summed E-state index contributed by atoms with van der Waals surface area (Å²) in [4.78, 5) is 0. The molecule has 0 saturated heterocycles. The van der Waals surface area contributed by atoms with Gasteiger partial charge < -0.3 is 10.5 Å². The molecule has 1 aromatic carbocycles. The minimum atomic E-state index is -0.0708. The summed E-state index contributed by atoms with van der Waals surface area (Å²) >= 11 is 1.90. The van der Waals surface area contributed by atoms with Crippen LogP contribution in [0.5, 0.6) is 5.75 Å². The molecule has 0 unspecified atom stereocenters. The van der Waals surface area contributed by atoms with E-state index in [4.69, 9.17) is 10.5 Å². The smallest absolute Gasteiger partial charge is 0.122 e. The van der Waals surface area contributed by atoms with Crippen LogP contribution in [0.1, 0.15) is 31.4 Å². The predicted octanol–water partition coefficient (Wildman–Crippen LogP) is 3.54. The van der Waals surface area contributed by atoms with Crippen molar-refractivity contribution in [2.24, 2.45) is 5.73 Å². The molecular formula is C15H25NOS. The Morgan fingerprint density at radius 1 is 1.28 bits per heavy atom. The largest absolute Gasteiger partial charge is 0.493 e. The summed E-state index contributed by atoms with van der Waals surface area (Å²) in [6, 6.07) is 6.32. The van der Waals surface area contributed by atoms with Gasteiger partial charge in [0.25, 0.3) is 0 Å². The fourth-order valence-corrected chi connectivity index (χ4v) is 2.53. The SMILES string of the molecule is Cc1ccc(C)c(OCCCSCC(C)(C)N)c1. The number of thioether (sulfide) groups is 1. The molecule has 0 amide bonds. The molecule has 3 heteroatoms. The standard InChI is InChI=1S/C15H25NOS/c1-12-6-7-13(2)14(10-12)17-8-5-9-18-11-15(3,4)16/h6-7,10H,5,8-9,11,16H2,1-4H3. The van der Waals surface area contributed by atoms with Crippen LogP contribution in [-0.2, 0) is 0 Å². The maximum absolute atomic E-state index is 5.93. The number of rotatable bonds is 7. The molecule has 0 spiro atoms. The molecule has 0 atom stereocenters. The summed E-state index contributed by atoms with van der Waals surface area (Å²) < 4.78 is 5.81. The molecule has 0 aromatic heterocycles. The third kappa shape index (κ3) is 6.31. The van der Waals surface area contributed by atoms with Crippen LogP contribution >= 0.6 is 11.8 Å². The van der Waals surface area contributed by atoms with E-state index in [1.54, 1.807) is 0 Å². The van der Waals surface area contributed by atoms with E-state index in [1.165, 1.54) is 11.1 Å². The molecular weight excluding hydrogens is 242 g/mol. The first-order valence-corrected chi connectivity index (χ1v) is 7.61. The van der Waals surface area contributed by atoms with Gasteiger partial charge >= 0.3 is 0 Å². The molecule has 0 radical (unpaired) electrons. The van der Waals surface area contributed by atoms with E-state index in [0.29, 0.717) is 0 Å². The van der Waals surface area contributed by atoms with Crippen molar-refractivity contribution >= 4 is 11.8 Å². The maximum Gasteiger partial charge on any atom is 0.122 e. The summed E-state index contributed by atoms with van der Waals surface area (Å²) in [7, 11) is 0. The van der Waals surface area contributed by atoms with Gasteiger partial charge in [-0.3, -0.25) is 0 Å². The predicted molar refractivity (Wildman–Crippen MR) is 81.6 cm³/mol. The van der Waals surface area contributed by atoms with Gasteiger partial charge in [-0.2, -0.15) is 11.8 Å². The second-order valence-corrected chi connectivity index (χ2v) is 6.62. The summed E-state index contributed by atoms with van der Waals surface area (Å²) in [6.07, 6.45) is 1.06. The van der Waals surface area contributed by atoms with Gasteiger partial charge in [0.05, 0.1) is 6.61 Å². The van der Waals surface area contributed by atoms with Crippen LogP contribution in [0.25, 0.3) is 0 Å². The van der Waals surface area contributed by atoms with Crippen molar-refractivity contribution in [3.05, 3.63) is 29.3 Å². The van der Waals surface area contributed by atoms with Crippen LogP contribution in [0.2, 0.25) is 0 Å². The van der Waals surface area contributed by atoms with Crippen LogP contribution in [0.15, 0.2) is 18.2 Å². The summed E-state index contributed by atoms with van der Waals surface area (Å²) in [6.45, 7) is 9.08. The van der Waals surface area contributed by atoms with E-state index in [-0.39, 0.29) is 5.54 Å². The number of nitrogens with two attached hydrogens (primary N) is 1. The lowest BCUT2D eigenvalue weighted by Crippen LogP contribution is -2.34. The molecule has 1 aromatic rings. The van der Waals surface area contributed by atoms with Crippen molar-refractivity contribution in [1.82, 2.24) is 0 Å². The molecule has 0 saturated carbocycles. The Hall–Kier alpha value is -0.670. The molecule has 102 valence electrons. The summed E-state index contributed by atoms with van der Waals surface area (Å²) in [5.74, 6) is 3.11. The summed E-state index contributed by atoms with van der Waals surface area (Å²) in [5, 5.41) is 0. The Morgan fingerprint density at radius 3 is 2.67 bits per heavy atom. The topological polar surface area (TPSA) is 35.2 Å². The second-order valence-electron chi connectivity index (χ2n) is 5.51. The molecule has 2 nitrogen and oxygen atoms in total. The average Bonchev–Trinajstić information content (AvgIpc) is 2.26. The zero-order valence-corrected chi connectivity index (χ0v) is 12.8. The molecule has 0 aliphatic heterocycles. The third-order valence-corrected chi connectivity index (χ3v) is 4.03. The van der Waals surface area contributed by atoms with E-state index in [0.717, 1.165) is 30.3 Å². The van der Waals surface area contributed by atoms with Crippen molar-refractivity contribution in [3.8, 4) is 5.75 Å². The maximum atomic E-state index is 5.93. The van der Waals surface area contributed by atoms with Crippen molar-refractivity contribution in [2.45, 2.75) is 39.7 Å². The molecule has 1 rings (SSSR count). The Morgan fingerprint density at radius 2 is 2.00 bits per heavy atom. The van der Waals surface area contributed by atoms with Gasteiger partial charge in [0.2, 0.25) is 0 Å². The van der Waals surface area contributed by atoms with E-state index in [2.05, 4.69) is 45.9 Å². The molecule has 0 heterocycles. The zero-order chi connectivity index (χ0) is 13.6. The lowest BCUT2D eigenvalue weighted by atomic mass is 10.1. The van der Waals surface area contributed by atoms with E-state index in [1.807, 2.05) is 11.8 Å². The van der Waals surface area contributed by atoms with Gasteiger partial charge in [-0.15, -0.1) is 0 Å². The third-order valence-electron chi connectivity index (χ3n) is 2.51. The average molecular weight is 267 g/mol. The number of benzene rings is 1. The Labute approximate surface area is 115 Å². The van der Waals surface area contributed by atoms with Gasteiger partial charge in [0.1, 0.15) is 5.75 Å². The molecule has 0 fully saturated rings. The van der Waals surface area contributed by atoms with Crippen molar-refractivity contribution in [3.63, 3.8) is 0 Å². The van der Waals surface area contributed by atoms with Crippen molar-refractivity contribution in [2.75, 3.05) is 18.1 Å². The quantitative estimate of drug-likeness (QED) is 0.767. The van der Waals surface area contributed by atoms with Crippen LogP contribution in [0.3, 0.4) is 0 Å². The van der Waals surface area contributed by atoms with Crippen molar-refractivity contribution < 1.29 is 4.74 Å². The number of ether oxygens (including phenoxy) is 1. The summed E-state index contributed by atoms with van der Waals surface area (Å²) in [5.41, 5.74) is 8.31. The zero-order valence-electron chi connectivity index (χ0n) is 12.0. The van der Waals surface area contributed by atoms with Crippen LogP contribution in [0.4, 0.5) is 0 Å². The molecule has 0 aliphatic rings. The van der Waals surface area contributed by atoms with Crippen LogP contribution in [0, 0.1) is 13.8 Å². The highest BCUT2D eigenvalue weighted by molar-refractivity contribution is 7.99. The number of hydrogen-bond acceptors (Lipinski definition) is 3. The van der Waals surface area contributed by atoms with E-state index in [9.17, 15) is 0 Å². The van der Waals surface area contributed by atoms with Gasteiger partial charge in [-0.1, -0.05) is 12.1 Å². The number of hydrogen-bond donors (Lipinski definition) is 1. The molecule has 18 heavy (non-hydrogen) atoms. The highest BCUT2D eigenvalue weighted by Gasteiger charge is 2.09. The molecule has 0 bridgehead atoms. The van der Waals surface area contributed by atoms with Gasteiger partial charge in [-0.25, -0.2) is 0 Å². The van der Waals surface area contributed by atoms with Crippen LogP contribution in [-0.4, -0.2) is 23.7 Å². The molecule has 2 N–H and O–H groups in total. The van der Waals surface area contributed by atoms with Gasteiger partial charge in [0, 0.05) is 11.3 Å². The Kier molecular flexibility index (Phi) is 6.03. The fourth-order valence-electron chi connectivity index (χ4n) is 1.54. The Balaban J connectivity index is 2.20. The van der Waals surface area contributed by atoms with Gasteiger partial charge in [0.15, 0.2) is 0 Å².